The molecule has 0 amide bonds. The van der Waals surface area contributed by atoms with E-state index >= 15 is 0 Å². The van der Waals surface area contributed by atoms with Gasteiger partial charge in [0.1, 0.15) is 0 Å². The van der Waals surface area contributed by atoms with Gasteiger partial charge in [0.15, 0.2) is 0 Å². The van der Waals surface area contributed by atoms with Gasteiger partial charge in [0.05, 0.1) is 0 Å². The van der Waals surface area contributed by atoms with Gasteiger partial charge in [-0.25, -0.2) is 0 Å². The summed E-state index contributed by atoms with van der Waals surface area (Å²) in [4.78, 5) is 2.41. The summed E-state index contributed by atoms with van der Waals surface area (Å²) in [6.07, 6.45) is 12.6. The van der Waals surface area contributed by atoms with Crippen molar-refractivity contribution < 1.29 is 5.48 Å². The van der Waals surface area contributed by atoms with Gasteiger partial charge in [0.2, 0.25) is 0 Å². The Morgan fingerprint density at radius 3 is 1.75 bits per heavy atom. The average molecular weight is 231 g/mol. The molecule has 0 fully saturated rings. The molecule has 2 N–H and O–H groups in total. The van der Waals surface area contributed by atoms with Crippen LogP contribution in [0.2, 0.25) is 0 Å². The summed E-state index contributed by atoms with van der Waals surface area (Å²) in [6, 6.07) is 0.826. The van der Waals surface area contributed by atoms with Crippen molar-refractivity contribution in [3.8, 4) is 0 Å². The molecule has 0 rings (SSSR count). The number of hydrogen-bond acceptors (Lipinski definition) is 1. The van der Waals surface area contributed by atoms with E-state index in [2.05, 4.69) is 32.8 Å². The summed E-state index contributed by atoms with van der Waals surface area (Å²) < 4.78 is 0. The first kappa shape index (κ1) is 18.3. The maximum atomic E-state index is 2.41. The molecule has 0 bridgehead atoms. The largest absolute Gasteiger partial charge is 0.412 e. The van der Waals surface area contributed by atoms with E-state index in [0.29, 0.717) is 0 Å². The maximum Gasteiger partial charge on any atom is 0.00891 e. The summed E-state index contributed by atoms with van der Waals surface area (Å²) >= 11 is 0. The predicted octanol–water partition coefficient (Wildman–Crippen LogP) is 3.64. The molecule has 0 heterocycles. The normalized spacial score (nSPS) is 12.6. The number of rotatable bonds is 10. The van der Waals surface area contributed by atoms with E-state index in [9.17, 15) is 0 Å². The van der Waals surface area contributed by atoms with Crippen LogP contribution in [-0.4, -0.2) is 30.5 Å². The minimum atomic E-state index is 0. The third kappa shape index (κ3) is 10.4. The fraction of sp³-hybridized carbons (Fsp3) is 1.00. The molecule has 0 aliphatic rings. The Labute approximate surface area is 103 Å². The second-order valence-electron chi connectivity index (χ2n) is 4.96. The lowest BCUT2D eigenvalue weighted by Gasteiger charge is -2.24. The van der Waals surface area contributed by atoms with Crippen molar-refractivity contribution in [3.05, 3.63) is 0 Å². The van der Waals surface area contributed by atoms with Crippen molar-refractivity contribution >= 4 is 0 Å². The molecule has 2 nitrogen and oxygen atoms in total. The molecule has 0 aliphatic heterocycles. The first-order valence-corrected chi connectivity index (χ1v) is 6.88. The standard InChI is InChI=1S/C14H31N.H2O/c1-5-7-9-10-11-13-14(15(3)4)12-8-6-2;/h14H,5-13H2,1-4H3;1H2. The van der Waals surface area contributed by atoms with E-state index in [4.69, 9.17) is 0 Å². The number of nitrogens with zero attached hydrogens (tertiary/aromatic N) is 1. The first-order valence-electron chi connectivity index (χ1n) is 6.88. The van der Waals surface area contributed by atoms with Crippen molar-refractivity contribution in [2.24, 2.45) is 0 Å². The minimum Gasteiger partial charge on any atom is -0.412 e. The van der Waals surface area contributed by atoms with Crippen LogP contribution in [0.3, 0.4) is 0 Å². The predicted molar refractivity (Wildman–Crippen MR) is 74.0 cm³/mol. The van der Waals surface area contributed by atoms with Crippen molar-refractivity contribution in [1.82, 2.24) is 4.90 Å². The van der Waals surface area contributed by atoms with Crippen LogP contribution in [-0.2, 0) is 0 Å². The molecule has 0 spiro atoms. The van der Waals surface area contributed by atoms with Gasteiger partial charge in [-0.1, -0.05) is 58.8 Å². The zero-order valence-corrected chi connectivity index (χ0v) is 11.9. The van der Waals surface area contributed by atoms with Crippen molar-refractivity contribution in [3.63, 3.8) is 0 Å². The Bertz CT molecular complexity index is 126. The van der Waals surface area contributed by atoms with Crippen molar-refractivity contribution in [1.29, 1.82) is 0 Å². The first-order chi connectivity index (χ1) is 7.22. The molecular weight excluding hydrogens is 198 g/mol. The number of unbranched alkanes of at least 4 members (excludes halogenated alkanes) is 5. The Morgan fingerprint density at radius 2 is 1.25 bits per heavy atom. The highest BCUT2D eigenvalue weighted by Gasteiger charge is 2.09. The summed E-state index contributed by atoms with van der Waals surface area (Å²) in [5, 5.41) is 0. The average Bonchev–Trinajstić information content (AvgIpc) is 2.21. The van der Waals surface area contributed by atoms with Gasteiger partial charge in [-0.2, -0.15) is 0 Å². The summed E-state index contributed by atoms with van der Waals surface area (Å²) in [6.45, 7) is 4.57. The zero-order chi connectivity index (χ0) is 11.5. The van der Waals surface area contributed by atoms with Crippen LogP contribution in [0, 0.1) is 0 Å². The van der Waals surface area contributed by atoms with Crippen LogP contribution in [0.1, 0.15) is 71.6 Å². The van der Waals surface area contributed by atoms with E-state index in [1.54, 1.807) is 0 Å². The highest BCUT2D eigenvalue weighted by Crippen LogP contribution is 2.14. The molecule has 0 aromatic rings. The van der Waals surface area contributed by atoms with Gasteiger partial charge in [-0.3, -0.25) is 0 Å². The fourth-order valence-electron chi connectivity index (χ4n) is 2.08. The van der Waals surface area contributed by atoms with Crippen molar-refractivity contribution in [2.75, 3.05) is 14.1 Å². The molecule has 100 valence electrons. The highest BCUT2D eigenvalue weighted by molar-refractivity contribution is 4.66. The van der Waals surface area contributed by atoms with E-state index in [-0.39, 0.29) is 5.48 Å². The molecule has 0 saturated carbocycles. The lowest BCUT2D eigenvalue weighted by molar-refractivity contribution is 0.253. The summed E-state index contributed by atoms with van der Waals surface area (Å²) in [5.41, 5.74) is 0. The molecule has 16 heavy (non-hydrogen) atoms. The summed E-state index contributed by atoms with van der Waals surface area (Å²) in [5.74, 6) is 0. The SMILES string of the molecule is CCCCCCCC(CCCC)N(C)C.O. The van der Waals surface area contributed by atoms with Crippen LogP contribution in [0.5, 0.6) is 0 Å². The van der Waals surface area contributed by atoms with Gasteiger partial charge in [-0.05, 0) is 26.9 Å². The van der Waals surface area contributed by atoms with Crippen LogP contribution in [0.4, 0.5) is 0 Å². The second kappa shape index (κ2) is 13.0. The lowest BCUT2D eigenvalue weighted by Crippen LogP contribution is -2.27. The maximum absolute atomic E-state index is 2.41. The lowest BCUT2D eigenvalue weighted by atomic mass is 10.0. The van der Waals surface area contributed by atoms with Crippen LogP contribution >= 0.6 is 0 Å². The molecule has 0 aromatic heterocycles. The highest BCUT2D eigenvalue weighted by atomic mass is 16.0. The topological polar surface area (TPSA) is 34.7 Å². The molecule has 1 unspecified atom stereocenters. The molecule has 1 atom stereocenters. The third-order valence-corrected chi connectivity index (χ3v) is 3.26. The number of hydrogen-bond donors (Lipinski definition) is 0. The quantitative estimate of drug-likeness (QED) is 0.529. The van der Waals surface area contributed by atoms with E-state index in [1.807, 2.05) is 0 Å². The van der Waals surface area contributed by atoms with E-state index in [1.165, 1.54) is 57.8 Å². The van der Waals surface area contributed by atoms with Gasteiger partial charge in [0, 0.05) is 6.04 Å². The molecule has 0 saturated heterocycles. The van der Waals surface area contributed by atoms with Crippen LogP contribution in [0.25, 0.3) is 0 Å². The zero-order valence-electron chi connectivity index (χ0n) is 11.9. The van der Waals surface area contributed by atoms with Gasteiger partial charge in [0.25, 0.3) is 0 Å². The van der Waals surface area contributed by atoms with Crippen LogP contribution in [0.15, 0.2) is 0 Å². The molecule has 2 heteroatoms. The van der Waals surface area contributed by atoms with Gasteiger partial charge >= 0.3 is 0 Å². The van der Waals surface area contributed by atoms with Crippen molar-refractivity contribution in [2.45, 2.75) is 77.7 Å². The fourth-order valence-corrected chi connectivity index (χ4v) is 2.08. The van der Waals surface area contributed by atoms with Gasteiger partial charge in [-0.15, -0.1) is 0 Å². The molecule has 0 radical (unpaired) electrons. The van der Waals surface area contributed by atoms with E-state index in [0.717, 1.165) is 6.04 Å². The molecular formula is C14H33NO. The third-order valence-electron chi connectivity index (χ3n) is 3.26. The molecule has 0 aromatic carbocycles. The second-order valence-corrected chi connectivity index (χ2v) is 4.96. The Morgan fingerprint density at radius 1 is 0.750 bits per heavy atom. The smallest absolute Gasteiger partial charge is 0.00891 e. The van der Waals surface area contributed by atoms with Crippen LogP contribution < -0.4 is 0 Å². The van der Waals surface area contributed by atoms with Gasteiger partial charge < -0.3 is 10.4 Å². The Balaban J connectivity index is 0. The summed E-state index contributed by atoms with van der Waals surface area (Å²) in [7, 11) is 4.46. The van der Waals surface area contributed by atoms with E-state index < -0.39 is 0 Å². The molecule has 0 aliphatic carbocycles. The monoisotopic (exact) mass is 231 g/mol. The Hall–Kier alpha value is -0.0800. The minimum absolute atomic E-state index is 0. The Kier molecular flexibility index (Phi) is 14.8.